The quantitative estimate of drug-likeness (QED) is 0.710. The van der Waals surface area contributed by atoms with E-state index in [1.54, 1.807) is 0 Å². The van der Waals surface area contributed by atoms with Crippen molar-refractivity contribution in [3.05, 3.63) is 23.2 Å². The highest BCUT2D eigenvalue weighted by Crippen LogP contribution is 2.13. The first-order valence-electron chi connectivity index (χ1n) is 6.57. The lowest BCUT2D eigenvalue weighted by Crippen LogP contribution is -2.24. The number of furan rings is 1. The highest BCUT2D eigenvalue weighted by Gasteiger charge is 2.13. The van der Waals surface area contributed by atoms with E-state index in [-0.39, 0.29) is 12.3 Å². The van der Waals surface area contributed by atoms with Gasteiger partial charge in [0.1, 0.15) is 5.76 Å². The minimum absolute atomic E-state index is 0.184. The fraction of sp³-hybridized carbons (Fsp3) is 0.571. The van der Waals surface area contributed by atoms with Crippen molar-refractivity contribution in [2.75, 3.05) is 6.54 Å². The third kappa shape index (κ3) is 5.59. The van der Waals surface area contributed by atoms with Crippen molar-refractivity contribution in [1.29, 1.82) is 0 Å². The van der Waals surface area contributed by atoms with E-state index >= 15 is 0 Å². The number of hydrogen-bond donors (Lipinski definition) is 2. The number of carbonyl (C=O) groups is 2. The van der Waals surface area contributed by atoms with Crippen molar-refractivity contribution in [3.8, 4) is 0 Å². The van der Waals surface area contributed by atoms with Gasteiger partial charge in [-0.1, -0.05) is 12.8 Å². The van der Waals surface area contributed by atoms with Gasteiger partial charge in [-0.05, 0) is 32.8 Å². The number of carbonyl (C=O) groups excluding carboxylic acids is 1. The van der Waals surface area contributed by atoms with E-state index in [2.05, 4.69) is 5.32 Å². The largest absolute Gasteiger partial charge is 0.481 e. The summed E-state index contributed by atoms with van der Waals surface area (Å²) in [7, 11) is 0. The highest BCUT2D eigenvalue weighted by molar-refractivity contribution is 5.92. The Balaban J connectivity index is 2.14. The van der Waals surface area contributed by atoms with E-state index in [1.165, 1.54) is 0 Å². The van der Waals surface area contributed by atoms with E-state index in [9.17, 15) is 9.59 Å². The zero-order chi connectivity index (χ0) is 14.3. The molecular formula is C14H21NO4. The molecule has 0 aliphatic carbocycles. The van der Waals surface area contributed by atoms with Crippen LogP contribution in [0, 0.1) is 13.8 Å². The summed E-state index contributed by atoms with van der Waals surface area (Å²) < 4.78 is 5.32. The third-order valence-corrected chi connectivity index (χ3v) is 2.85. The summed E-state index contributed by atoms with van der Waals surface area (Å²) >= 11 is 0. The van der Waals surface area contributed by atoms with Gasteiger partial charge in [0.2, 0.25) is 0 Å². The molecule has 0 atom stereocenters. The van der Waals surface area contributed by atoms with Crippen LogP contribution < -0.4 is 5.32 Å². The van der Waals surface area contributed by atoms with Gasteiger partial charge in [0.15, 0.2) is 5.76 Å². The van der Waals surface area contributed by atoms with Crippen LogP contribution in [0.15, 0.2) is 10.5 Å². The van der Waals surface area contributed by atoms with Crippen LogP contribution in [0.3, 0.4) is 0 Å². The second-order valence-corrected chi connectivity index (χ2v) is 4.68. The summed E-state index contributed by atoms with van der Waals surface area (Å²) in [5, 5.41) is 11.3. The first-order chi connectivity index (χ1) is 9.00. The molecule has 0 saturated carbocycles. The fourth-order valence-electron chi connectivity index (χ4n) is 1.90. The first kappa shape index (κ1) is 15.3. The van der Waals surface area contributed by atoms with Crippen molar-refractivity contribution in [3.63, 3.8) is 0 Å². The summed E-state index contributed by atoms with van der Waals surface area (Å²) in [4.78, 5) is 22.1. The number of amides is 1. The Morgan fingerprint density at radius 1 is 1.21 bits per heavy atom. The predicted molar refractivity (Wildman–Crippen MR) is 71.2 cm³/mol. The van der Waals surface area contributed by atoms with Gasteiger partial charge in [-0.15, -0.1) is 0 Å². The smallest absolute Gasteiger partial charge is 0.303 e. The predicted octanol–water partition coefficient (Wildman–Crippen LogP) is 2.66. The van der Waals surface area contributed by atoms with E-state index in [0.29, 0.717) is 18.7 Å². The maximum Gasteiger partial charge on any atom is 0.303 e. The third-order valence-electron chi connectivity index (χ3n) is 2.85. The number of unbranched alkanes of at least 4 members (excludes halogenated alkanes) is 3. The number of aliphatic carboxylic acids is 1. The van der Waals surface area contributed by atoms with E-state index in [4.69, 9.17) is 9.52 Å². The second-order valence-electron chi connectivity index (χ2n) is 4.68. The van der Waals surface area contributed by atoms with E-state index in [0.717, 1.165) is 30.6 Å². The second kappa shape index (κ2) is 7.61. The molecule has 106 valence electrons. The molecule has 19 heavy (non-hydrogen) atoms. The molecular weight excluding hydrogens is 246 g/mol. The van der Waals surface area contributed by atoms with Crippen molar-refractivity contribution in [2.45, 2.75) is 46.0 Å². The Morgan fingerprint density at radius 3 is 2.47 bits per heavy atom. The molecule has 0 unspecified atom stereocenters. The van der Waals surface area contributed by atoms with Gasteiger partial charge in [0, 0.05) is 18.5 Å². The average molecular weight is 267 g/mol. The van der Waals surface area contributed by atoms with Crippen LogP contribution in [0.1, 0.15) is 54.0 Å². The standard InChI is InChI=1S/C14H21NO4/c1-10-9-11(2)19-13(10)14(18)15-8-6-4-3-5-7-12(16)17/h9H,3-8H2,1-2H3,(H,15,18)(H,16,17). The molecule has 1 amide bonds. The van der Waals surface area contributed by atoms with Crippen molar-refractivity contribution >= 4 is 11.9 Å². The van der Waals surface area contributed by atoms with E-state index < -0.39 is 5.97 Å². The molecule has 2 N–H and O–H groups in total. The first-order valence-corrected chi connectivity index (χ1v) is 6.57. The number of carboxylic acid groups (broad SMARTS) is 1. The number of nitrogens with one attached hydrogen (secondary N) is 1. The molecule has 1 rings (SSSR count). The molecule has 0 saturated heterocycles. The maximum absolute atomic E-state index is 11.8. The molecule has 0 fully saturated rings. The molecule has 0 aliphatic rings. The van der Waals surface area contributed by atoms with Gasteiger partial charge < -0.3 is 14.8 Å². The lowest BCUT2D eigenvalue weighted by Gasteiger charge is -2.03. The Morgan fingerprint density at radius 2 is 1.89 bits per heavy atom. The van der Waals surface area contributed by atoms with Gasteiger partial charge in [0.05, 0.1) is 0 Å². The lowest BCUT2D eigenvalue weighted by atomic mass is 10.1. The van der Waals surface area contributed by atoms with Crippen LogP contribution in [-0.4, -0.2) is 23.5 Å². The average Bonchev–Trinajstić information content (AvgIpc) is 2.66. The van der Waals surface area contributed by atoms with Crippen molar-refractivity contribution in [1.82, 2.24) is 5.32 Å². The number of hydrogen-bond acceptors (Lipinski definition) is 3. The van der Waals surface area contributed by atoms with Crippen LogP contribution in [-0.2, 0) is 4.79 Å². The molecule has 1 aromatic heterocycles. The summed E-state index contributed by atoms with van der Waals surface area (Å²) in [6.45, 7) is 4.24. The number of aryl methyl sites for hydroxylation is 2. The topological polar surface area (TPSA) is 79.5 Å². The highest BCUT2D eigenvalue weighted by atomic mass is 16.4. The van der Waals surface area contributed by atoms with Gasteiger partial charge in [-0.3, -0.25) is 9.59 Å². The van der Waals surface area contributed by atoms with Crippen LogP contribution in [0.2, 0.25) is 0 Å². The van der Waals surface area contributed by atoms with Gasteiger partial charge in [0.25, 0.3) is 5.91 Å². The van der Waals surface area contributed by atoms with Crippen LogP contribution in [0.5, 0.6) is 0 Å². The Labute approximate surface area is 113 Å². The summed E-state index contributed by atoms with van der Waals surface area (Å²) in [5.41, 5.74) is 0.844. The SMILES string of the molecule is Cc1cc(C)c(C(=O)NCCCCCCC(=O)O)o1. The molecule has 1 aromatic rings. The fourth-order valence-corrected chi connectivity index (χ4v) is 1.90. The van der Waals surface area contributed by atoms with Gasteiger partial charge in [-0.2, -0.15) is 0 Å². The van der Waals surface area contributed by atoms with Crippen molar-refractivity contribution < 1.29 is 19.1 Å². The summed E-state index contributed by atoms with van der Waals surface area (Å²) in [6.07, 6.45) is 3.56. The lowest BCUT2D eigenvalue weighted by molar-refractivity contribution is -0.137. The molecule has 5 nitrogen and oxygen atoms in total. The molecule has 0 radical (unpaired) electrons. The zero-order valence-corrected chi connectivity index (χ0v) is 11.5. The number of carboxylic acids is 1. The molecule has 0 aliphatic heterocycles. The normalized spacial score (nSPS) is 10.4. The number of rotatable bonds is 8. The summed E-state index contributed by atoms with van der Waals surface area (Å²) in [5.74, 6) is 0.174. The minimum Gasteiger partial charge on any atom is -0.481 e. The molecule has 0 spiro atoms. The Kier molecular flexibility index (Phi) is 6.12. The van der Waals surface area contributed by atoms with E-state index in [1.807, 2.05) is 19.9 Å². The van der Waals surface area contributed by atoms with Gasteiger partial charge in [-0.25, -0.2) is 0 Å². The minimum atomic E-state index is -0.753. The van der Waals surface area contributed by atoms with Crippen molar-refractivity contribution in [2.24, 2.45) is 0 Å². The van der Waals surface area contributed by atoms with Gasteiger partial charge >= 0.3 is 5.97 Å². The zero-order valence-electron chi connectivity index (χ0n) is 11.5. The molecule has 0 aromatic carbocycles. The van der Waals surface area contributed by atoms with Crippen LogP contribution in [0.25, 0.3) is 0 Å². The molecule has 5 heteroatoms. The Bertz CT molecular complexity index is 437. The summed E-state index contributed by atoms with van der Waals surface area (Å²) in [6, 6.07) is 1.83. The van der Waals surface area contributed by atoms with Crippen LogP contribution in [0.4, 0.5) is 0 Å². The van der Waals surface area contributed by atoms with Crippen LogP contribution >= 0.6 is 0 Å². The molecule has 1 heterocycles. The maximum atomic E-state index is 11.8. The monoisotopic (exact) mass is 267 g/mol. The molecule has 0 bridgehead atoms. The Hall–Kier alpha value is -1.78.